The highest BCUT2D eigenvalue weighted by molar-refractivity contribution is 5.97. The Morgan fingerprint density at radius 2 is 1.95 bits per heavy atom. The molecule has 108 valence electrons. The van der Waals surface area contributed by atoms with Gasteiger partial charge >= 0.3 is 0 Å². The van der Waals surface area contributed by atoms with Gasteiger partial charge in [0, 0.05) is 23.7 Å². The summed E-state index contributed by atoms with van der Waals surface area (Å²) >= 11 is 0. The lowest BCUT2D eigenvalue weighted by molar-refractivity contribution is -0.115. The number of benzene rings is 1. The van der Waals surface area contributed by atoms with Gasteiger partial charge in [-0.15, -0.1) is 0 Å². The molecule has 1 aromatic carbocycles. The molecule has 4 nitrogen and oxygen atoms in total. The Bertz CT molecular complexity index is 479. The van der Waals surface area contributed by atoms with Crippen LogP contribution in [0.15, 0.2) is 24.3 Å². The Hall–Kier alpha value is -1.84. The van der Waals surface area contributed by atoms with E-state index >= 15 is 0 Å². The molecule has 0 heterocycles. The summed E-state index contributed by atoms with van der Waals surface area (Å²) in [4.78, 5) is 23.6. The van der Waals surface area contributed by atoms with Gasteiger partial charge in [0.15, 0.2) is 0 Å². The maximum Gasteiger partial charge on any atom is 0.251 e. The average molecular weight is 274 g/mol. The van der Waals surface area contributed by atoms with E-state index in [1.54, 1.807) is 31.2 Å². The third-order valence-corrected chi connectivity index (χ3v) is 3.67. The topological polar surface area (TPSA) is 58.2 Å². The van der Waals surface area contributed by atoms with Crippen LogP contribution in [-0.2, 0) is 4.79 Å². The first-order valence-electron chi connectivity index (χ1n) is 7.40. The molecule has 1 aliphatic carbocycles. The molecular formula is C16H22N2O2. The van der Waals surface area contributed by atoms with Crippen LogP contribution in [-0.4, -0.2) is 17.9 Å². The molecule has 1 aliphatic rings. The number of amides is 2. The Balaban J connectivity index is 1.98. The number of carbonyl (C=O) groups is 2. The van der Waals surface area contributed by atoms with Gasteiger partial charge < -0.3 is 10.6 Å². The SMILES string of the molecule is CCC(=O)Nc1cccc(C(=O)NC2CCCCC2)c1. The van der Waals surface area contributed by atoms with Gasteiger partial charge in [-0.25, -0.2) is 0 Å². The molecule has 20 heavy (non-hydrogen) atoms. The first-order valence-corrected chi connectivity index (χ1v) is 7.40. The highest BCUT2D eigenvalue weighted by Gasteiger charge is 2.16. The van der Waals surface area contributed by atoms with E-state index in [-0.39, 0.29) is 11.8 Å². The lowest BCUT2D eigenvalue weighted by atomic mass is 9.95. The van der Waals surface area contributed by atoms with Crippen molar-refractivity contribution < 1.29 is 9.59 Å². The number of rotatable bonds is 4. The maximum absolute atomic E-state index is 12.2. The molecule has 0 saturated heterocycles. The quantitative estimate of drug-likeness (QED) is 0.886. The van der Waals surface area contributed by atoms with Crippen molar-refractivity contribution in [3.05, 3.63) is 29.8 Å². The summed E-state index contributed by atoms with van der Waals surface area (Å²) in [5, 5.41) is 5.85. The van der Waals surface area contributed by atoms with E-state index in [0.717, 1.165) is 12.8 Å². The van der Waals surface area contributed by atoms with Crippen LogP contribution in [0.3, 0.4) is 0 Å². The normalized spacial score (nSPS) is 15.7. The van der Waals surface area contributed by atoms with Gasteiger partial charge in [-0.05, 0) is 31.0 Å². The lowest BCUT2D eigenvalue weighted by Gasteiger charge is -2.22. The lowest BCUT2D eigenvalue weighted by Crippen LogP contribution is -2.36. The van der Waals surface area contributed by atoms with E-state index < -0.39 is 0 Å². The van der Waals surface area contributed by atoms with Gasteiger partial charge in [-0.2, -0.15) is 0 Å². The molecule has 2 rings (SSSR count). The Labute approximate surface area is 119 Å². The predicted molar refractivity (Wildman–Crippen MR) is 79.7 cm³/mol. The summed E-state index contributed by atoms with van der Waals surface area (Å²) in [5.41, 5.74) is 1.28. The number of carbonyl (C=O) groups excluding carboxylic acids is 2. The van der Waals surface area contributed by atoms with Gasteiger partial charge in [0.1, 0.15) is 0 Å². The van der Waals surface area contributed by atoms with Crippen LogP contribution in [0.1, 0.15) is 55.8 Å². The van der Waals surface area contributed by atoms with Crippen molar-refractivity contribution in [2.45, 2.75) is 51.5 Å². The second kappa shape index (κ2) is 7.08. The highest BCUT2D eigenvalue weighted by atomic mass is 16.2. The molecule has 1 saturated carbocycles. The van der Waals surface area contributed by atoms with E-state index in [1.807, 2.05) is 0 Å². The Morgan fingerprint density at radius 1 is 1.20 bits per heavy atom. The summed E-state index contributed by atoms with van der Waals surface area (Å²) in [7, 11) is 0. The predicted octanol–water partition coefficient (Wildman–Crippen LogP) is 3.10. The minimum absolute atomic E-state index is 0.0464. The van der Waals surface area contributed by atoms with Crippen molar-refractivity contribution in [2.24, 2.45) is 0 Å². The summed E-state index contributed by atoms with van der Waals surface area (Å²) < 4.78 is 0. The zero-order chi connectivity index (χ0) is 14.4. The van der Waals surface area contributed by atoms with E-state index in [1.165, 1.54) is 19.3 Å². The second-order valence-corrected chi connectivity index (χ2v) is 5.29. The summed E-state index contributed by atoms with van der Waals surface area (Å²) in [5.74, 6) is -0.0978. The fourth-order valence-corrected chi connectivity index (χ4v) is 2.50. The van der Waals surface area contributed by atoms with Crippen molar-refractivity contribution in [1.82, 2.24) is 5.32 Å². The van der Waals surface area contributed by atoms with Crippen molar-refractivity contribution in [3.8, 4) is 0 Å². The fraction of sp³-hybridized carbons (Fsp3) is 0.500. The number of anilines is 1. The minimum Gasteiger partial charge on any atom is -0.349 e. The maximum atomic E-state index is 12.2. The molecule has 0 atom stereocenters. The number of hydrogen-bond acceptors (Lipinski definition) is 2. The van der Waals surface area contributed by atoms with E-state index in [4.69, 9.17) is 0 Å². The van der Waals surface area contributed by atoms with Crippen LogP contribution in [0.25, 0.3) is 0 Å². The molecule has 0 spiro atoms. The minimum atomic E-state index is -0.0514. The zero-order valence-corrected chi connectivity index (χ0v) is 11.9. The van der Waals surface area contributed by atoms with Crippen LogP contribution in [0, 0.1) is 0 Å². The van der Waals surface area contributed by atoms with Crippen molar-refractivity contribution in [1.29, 1.82) is 0 Å². The number of nitrogens with one attached hydrogen (secondary N) is 2. The fourth-order valence-electron chi connectivity index (χ4n) is 2.50. The average Bonchev–Trinajstić information content (AvgIpc) is 2.48. The second-order valence-electron chi connectivity index (χ2n) is 5.29. The molecule has 1 aromatic rings. The van der Waals surface area contributed by atoms with Crippen molar-refractivity contribution in [2.75, 3.05) is 5.32 Å². The van der Waals surface area contributed by atoms with Crippen LogP contribution >= 0.6 is 0 Å². The van der Waals surface area contributed by atoms with Crippen molar-refractivity contribution in [3.63, 3.8) is 0 Å². The summed E-state index contributed by atoms with van der Waals surface area (Å²) in [6.45, 7) is 1.80. The van der Waals surface area contributed by atoms with E-state index in [9.17, 15) is 9.59 Å². The zero-order valence-electron chi connectivity index (χ0n) is 11.9. The largest absolute Gasteiger partial charge is 0.349 e. The number of hydrogen-bond donors (Lipinski definition) is 2. The standard InChI is InChI=1S/C16H22N2O2/c1-2-15(19)17-14-10-6-7-12(11-14)16(20)18-13-8-4-3-5-9-13/h6-7,10-11,13H,2-5,8-9H2,1H3,(H,17,19)(H,18,20). The van der Waals surface area contributed by atoms with Gasteiger partial charge in [-0.3, -0.25) is 9.59 Å². The van der Waals surface area contributed by atoms with E-state index in [0.29, 0.717) is 23.7 Å². The Kier molecular flexibility index (Phi) is 5.16. The van der Waals surface area contributed by atoms with Gasteiger partial charge in [0.05, 0.1) is 0 Å². The Morgan fingerprint density at radius 3 is 2.65 bits per heavy atom. The van der Waals surface area contributed by atoms with E-state index in [2.05, 4.69) is 10.6 Å². The van der Waals surface area contributed by atoms with Crippen LogP contribution in [0.4, 0.5) is 5.69 Å². The summed E-state index contributed by atoms with van der Waals surface area (Å²) in [6, 6.07) is 7.39. The van der Waals surface area contributed by atoms with Gasteiger partial charge in [-0.1, -0.05) is 32.3 Å². The molecule has 2 N–H and O–H groups in total. The van der Waals surface area contributed by atoms with Gasteiger partial charge in [0.25, 0.3) is 5.91 Å². The third-order valence-electron chi connectivity index (χ3n) is 3.67. The summed E-state index contributed by atoms with van der Waals surface area (Å²) in [6.07, 6.45) is 6.22. The first kappa shape index (κ1) is 14.6. The highest BCUT2D eigenvalue weighted by Crippen LogP contribution is 2.18. The molecule has 1 fully saturated rings. The molecule has 0 radical (unpaired) electrons. The van der Waals surface area contributed by atoms with Crippen LogP contribution in [0.2, 0.25) is 0 Å². The van der Waals surface area contributed by atoms with Gasteiger partial charge in [0.2, 0.25) is 5.91 Å². The molecular weight excluding hydrogens is 252 g/mol. The molecule has 0 aromatic heterocycles. The molecule has 4 heteroatoms. The molecule has 0 bridgehead atoms. The first-order chi connectivity index (χ1) is 9.69. The molecule has 0 aliphatic heterocycles. The van der Waals surface area contributed by atoms with Crippen LogP contribution in [0.5, 0.6) is 0 Å². The molecule has 0 unspecified atom stereocenters. The third kappa shape index (κ3) is 4.08. The van der Waals surface area contributed by atoms with Crippen LogP contribution < -0.4 is 10.6 Å². The molecule has 2 amide bonds. The monoisotopic (exact) mass is 274 g/mol. The smallest absolute Gasteiger partial charge is 0.251 e. The van der Waals surface area contributed by atoms with Crippen molar-refractivity contribution >= 4 is 17.5 Å².